The van der Waals surface area contributed by atoms with Crippen molar-refractivity contribution in [1.82, 2.24) is 15.2 Å². The van der Waals surface area contributed by atoms with Crippen LogP contribution in [0.3, 0.4) is 0 Å². The summed E-state index contributed by atoms with van der Waals surface area (Å²) < 4.78 is 37.3. The number of nitrogens with zero attached hydrogens (tertiary/aromatic N) is 1. The number of carbonyl (C=O) groups excluding carboxylic acids is 2. The average molecular weight is 353 g/mol. The van der Waals surface area contributed by atoms with Gasteiger partial charge in [0.2, 0.25) is 5.91 Å². The minimum Gasteiger partial charge on any atom is -0.361 e. The summed E-state index contributed by atoms with van der Waals surface area (Å²) in [6.07, 6.45) is -2.55. The summed E-state index contributed by atoms with van der Waals surface area (Å²) in [7, 11) is 0. The second-order valence-electron chi connectivity index (χ2n) is 6.14. The molecular formula is C17H18F3N3O2. The van der Waals surface area contributed by atoms with Gasteiger partial charge in [-0.15, -0.1) is 0 Å². The van der Waals surface area contributed by atoms with E-state index in [1.54, 1.807) is 0 Å². The number of benzene rings is 1. The number of halogens is 3. The Morgan fingerprint density at radius 3 is 2.56 bits per heavy atom. The molecule has 8 heteroatoms. The highest BCUT2D eigenvalue weighted by molar-refractivity contribution is 5.85. The average Bonchev–Trinajstić information content (AvgIpc) is 3.01. The summed E-state index contributed by atoms with van der Waals surface area (Å²) in [4.78, 5) is 27.3. The Morgan fingerprint density at radius 2 is 1.88 bits per heavy atom. The molecular weight excluding hydrogens is 335 g/mol. The number of H-pyrrole nitrogens is 1. The number of likely N-dealkylation sites (tertiary alicyclic amines) is 1. The van der Waals surface area contributed by atoms with E-state index in [0.29, 0.717) is 6.54 Å². The molecule has 0 spiro atoms. The third-order valence-electron chi connectivity index (χ3n) is 4.52. The molecule has 0 unspecified atom stereocenters. The molecule has 3 rings (SSSR count). The van der Waals surface area contributed by atoms with E-state index in [2.05, 4.69) is 10.3 Å². The zero-order valence-corrected chi connectivity index (χ0v) is 13.4. The largest absolute Gasteiger partial charge is 0.471 e. The lowest BCUT2D eigenvalue weighted by molar-refractivity contribution is -0.186. The van der Waals surface area contributed by atoms with Gasteiger partial charge < -0.3 is 15.2 Å². The van der Waals surface area contributed by atoms with Gasteiger partial charge in [-0.05, 0) is 24.5 Å². The highest BCUT2D eigenvalue weighted by atomic mass is 19.4. The molecule has 1 saturated heterocycles. The van der Waals surface area contributed by atoms with Gasteiger partial charge in [0.05, 0.1) is 0 Å². The minimum absolute atomic E-state index is 0.0521. The topological polar surface area (TPSA) is 65.2 Å². The first kappa shape index (κ1) is 17.3. The number of alkyl halides is 3. The molecule has 1 fully saturated rings. The Labute approximate surface area is 142 Å². The van der Waals surface area contributed by atoms with Crippen LogP contribution in [0.5, 0.6) is 0 Å². The van der Waals surface area contributed by atoms with E-state index in [1.807, 2.05) is 30.5 Å². The predicted molar refractivity (Wildman–Crippen MR) is 85.5 cm³/mol. The SMILES string of the molecule is O=C(NCc1c[nH]c2ccccc12)C1CCN(C(=O)C(F)(F)F)CC1. The van der Waals surface area contributed by atoms with Crippen molar-refractivity contribution in [3.8, 4) is 0 Å². The van der Waals surface area contributed by atoms with Gasteiger partial charge in [-0.2, -0.15) is 13.2 Å². The van der Waals surface area contributed by atoms with Gasteiger partial charge in [-0.1, -0.05) is 18.2 Å². The number of para-hydroxylation sites is 1. The maximum atomic E-state index is 12.4. The molecule has 0 bridgehead atoms. The fraction of sp³-hybridized carbons (Fsp3) is 0.412. The third kappa shape index (κ3) is 3.78. The summed E-state index contributed by atoms with van der Waals surface area (Å²) in [5.41, 5.74) is 1.93. The first-order valence-electron chi connectivity index (χ1n) is 8.05. The molecule has 2 N–H and O–H groups in total. The van der Waals surface area contributed by atoms with Gasteiger partial charge in [0.15, 0.2) is 0 Å². The maximum Gasteiger partial charge on any atom is 0.471 e. The van der Waals surface area contributed by atoms with Crippen molar-refractivity contribution in [1.29, 1.82) is 0 Å². The lowest BCUT2D eigenvalue weighted by Gasteiger charge is -2.31. The van der Waals surface area contributed by atoms with Gasteiger partial charge in [-0.25, -0.2) is 0 Å². The van der Waals surface area contributed by atoms with Crippen LogP contribution in [-0.4, -0.2) is 41.0 Å². The molecule has 5 nitrogen and oxygen atoms in total. The van der Waals surface area contributed by atoms with Crippen LogP contribution in [-0.2, 0) is 16.1 Å². The first-order chi connectivity index (χ1) is 11.9. The molecule has 0 saturated carbocycles. The molecule has 2 heterocycles. The molecule has 2 aromatic rings. The van der Waals surface area contributed by atoms with E-state index in [9.17, 15) is 22.8 Å². The second kappa shape index (κ2) is 6.78. The van der Waals surface area contributed by atoms with Crippen molar-refractivity contribution >= 4 is 22.7 Å². The number of aromatic amines is 1. The highest BCUT2D eigenvalue weighted by Gasteiger charge is 2.43. The number of hydrogen-bond acceptors (Lipinski definition) is 2. The Bertz CT molecular complexity index is 777. The molecule has 1 aliphatic rings. The number of aromatic nitrogens is 1. The fourth-order valence-electron chi connectivity index (χ4n) is 3.13. The number of nitrogens with one attached hydrogen (secondary N) is 2. The smallest absolute Gasteiger partial charge is 0.361 e. The van der Waals surface area contributed by atoms with E-state index < -0.39 is 12.1 Å². The second-order valence-corrected chi connectivity index (χ2v) is 6.14. The number of rotatable bonds is 3. The quantitative estimate of drug-likeness (QED) is 0.891. The highest BCUT2D eigenvalue weighted by Crippen LogP contribution is 2.24. The number of piperidine rings is 1. The number of hydrogen-bond donors (Lipinski definition) is 2. The van der Waals surface area contributed by atoms with Crippen molar-refractivity contribution in [2.75, 3.05) is 13.1 Å². The van der Waals surface area contributed by atoms with Crippen molar-refractivity contribution in [2.45, 2.75) is 25.6 Å². The normalized spacial score (nSPS) is 16.2. The van der Waals surface area contributed by atoms with Gasteiger partial charge in [-0.3, -0.25) is 9.59 Å². The van der Waals surface area contributed by atoms with Crippen LogP contribution in [0.4, 0.5) is 13.2 Å². The van der Waals surface area contributed by atoms with Crippen molar-refractivity contribution in [3.63, 3.8) is 0 Å². The summed E-state index contributed by atoms with van der Waals surface area (Å²) in [6.45, 7) is 0.248. The summed E-state index contributed by atoms with van der Waals surface area (Å²) in [5.74, 6) is -2.39. The van der Waals surface area contributed by atoms with Gasteiger partial charge in [0, 0.05) is 42.7 Å². The monoisotopic (exact) mass is 353 g/mol. The van der Waals surface area contributed by atoms with Gasteiger partial charge in [0.1, 0.15) is 0 Å². The van der Waals surface area contributed by atoms with Crippen LogP contribution in [0.2, 0.25) is 0 Å². The molecule has 0 atom stereocenters. The van der Waals surface area contributed by atoms with E-state index in [4.69, 9.17) is 0 Å². The molecule has 134 valence electrons. The Kier molecular flexibility index (Phi) is 4.69. The van der Waals surface area contributed by atoms with E-state index in [-0.39, 0.29) is 37.8 Å². The first-order valence-corrected chi connectivity index (χ1v) is 8.05. The lowest BCUT2D eigenvalue weighted by atomic mass is 9.95. The van der Waals surface area contributed by atoms with Crippen LogP contribution in [0.1, 0.15) is 18.4 Å². The van der Waals surface area contributed by atoms with Crippen LogP contribution in [0, 0.1) is 5.92 Å². The molecule has 1 aliphatic heterocycles. The molecule has 0 aliphatic carbocycles. The van der Waals surface area contributed by atoms with E-state index >= 15 is 0 Å². The predicted octanol–water partition coefficient (Wildman–Crippen LogP) is 2.59. The van der Waals surface area contributed by atoms with Gasteiger partial charge in [0.25, 0.3) is 0 Å². The van der Waals surface area contributed by atoms with E-state index in [0.717, 1.165) is 21.4 Å². The minimum atomic E-state index is -4.86. The van der Waals surface area contributed by atoms with Crippen molar-refractivity contribution in [3.05, 3.63) is 36.0 Å². The van der Waals surface area contributed by atoms with E-state index in [1.165, 1.54) is 0 Å². The molecule has 1 aromatic heterocycles. The zero-order valence-electron chi connectivity index (χ0n) is 13.4. The van der Waals surface area contributed by atoms with Gasteiger partial charge >= 0.3 is 12.1 Å². The molecule has 2 amide bonds. The summed E-state index contributed by atoms with van der Waals surface area (Å²) in [6, 6.07) is 7.72. The number of amides is 2. The Balaban J connectivity index is 1.52. The molecule has 25 heavy (non-hydrogen) atoms. The fourth-order valence-corrected chi connectivity index (χ4v) is 3.13. The van der Waals surface area contributed by atoms with Crippen LogP contribution in [0.25, 0.3) is 10.9 Å². The van der Waals surface area contributed by atoms with Crippen LogP contribution in [0.15, 0.2) is 30.5 Å². The zero-order chi connectivity index (χ0) is 18.0. The number of fused-ring (bicyclic) bond motifs is 1. The summed E-state index contributed by atoms with van der Waals surface area (Å²) in [5, 5.41) is 3.86. The van der Waals surface area contributed by atoms with Crippen molar-refractivity contribution in [2.24, 2.45) is 5.92 Å². The van der Waals surface area contributed by atoms with Crippen LogP contribution >= 0.6 is 0 Å². The molecule has 1 aromatic carbocycles. The third-order valence-corrected chi connectivity index (χ3v) is 4.52. The Morgan fingerprint density at radius 1 is 1.20 bits per heavy atom. The van der Waals surface area contributed by atoms with Crippen LogP contribution < -0.4 is 5.32 Å². The Hall–Kier alpha value is -2.51. The lowest BCUT2D eigenvalue weighted by Crippen LogP contribution is -2.47. The summed E-state index contributed by atoms with van der Waals surface area (Å²) >= 11 is 0. The van der Waals surface area contributed by atoms with Crippen molar-refractivity contribution < 1.29 is 22.8 Å². The molecule has 0 radical (unpaired) electrons. The maximum absolute atomic E-state index is 12.4. The standard InChI is InChI=1S/C17H18F3N3O2/c18-17(19,20)16(25)23-7-5-11(6-8-23)15(24)22-10-12-9-21-14-4-2-1-3-13(12)14/h1-4,9,11,21H,5-8,10H2,(H,22,24). The number of carbonyl (C=O) groups is 2.